The zero-order valence-electron chi connectivity index (χ0n) is 2.46. The van der Waals surface area contributed by atoms with Crippen molar-refractivity contribution in [2.24, 2.45) is 0 Å². The summed E-state index contributed by atoms with van der Waals surface area (Å²) in [7, 11) is 0. The summed E-state index contributed by atoms with van der Waals surface area (Å²) >= 11 is 0. The Morgan fingerprint density at radius 1 is 1.00 bits per heavy atom. The molecule has 0 aromatic carbocycles. The average Bonchev–Trinajstić information content (AvgIpc) is 0. The first-order valence-corrected chi connectivity index (χ1v) is 0. The van der Waals surface area contributed by atoms with Crippen molar-refractivity contribution < 1.29 is 105 Å². The first kappa shape index (κ1) is 60.3. The van der Waals surface area contributed by atoms with Crippen LogP contribution in [-0.2, 0) is 105 Å². The minimum Gasteiger partial charge on any atom is 0 e. The third-order valence-electron chi connectivity index (χ3n) is 0. The molecule has 2 radical (unpaired) electrons. The molecule has 0 aliphatic carbocycles. The molecular formula is CrCuFeMnNiZn. The predicted molar refractivity (Wildman–Crippen MR) is 0 cm³/mol. The molecule has 0 saturated heterocycles. The van der Waals surface area contributed by atoms with Gasteiger partial charge < -0.3 is 0 Å². The van der Waals surface area contributed by atoms with Crippen molar-refractivity contribution in [1.82, 2.24) is 0 Å². The van der Waals surface area contributed by atoms with Gasteiger partial charge in [-0.2, -0.15) is 0 Å². The molecule has 0 unspecified atom stereocenters. The van der Waals surface area contributed by atoms with E-state index in [9.17, 15) is 0 Å². The molecule has 0 saturated carbocycles. The fourth-order valence-electron chi connectivity index (χ4n) is 0. The number of hydrogen-bond acceptors (Lipinski definition) is 0. The van der Waals surface area contributed by atoms with Crippen LogP contribution in [0, 0.1) is 0 Å². The first-order chi connectivity index (χ1) is 0. The van der Waals surface area contributed by atoms with E-state index in [1.54, 1.807) is 0 Å². The molecule has 0 spiro atoms. The second kappa shape index (κ2) is 41.4. The van der Waals surface area contributed by atoms with E-state index in [1.807, 2.05) is 0 Å². The molecule has 0 nitrogen and oxygen atoms in total. The van der Waals surface area contributed by atoms with E-state index in [-0.39, 0.29) is 105 Å². The van der Waals surface area contributed by atoms with E-state index < -0.39 is 0 Å². The molecule has 6 heteroatoms. The second-order valence-electron chi connectivity index (χ2n) is 0. The maximum absolute atomic E-state index is 0. The van der Waals surface area contributed by atoms with E-state index in [0.717, 1.165) is 0 Å². The van der Waals surface area contributed by atoms with Gasteiger partial charge in [0.25, 0.3) is 0 Å². The Bertz CT molecular complexity index is 15.5. The maximum atomic E-state index is 0. The van der Waals surface area contributed by atoms with Crippen molar-refractivity contribution in [3.8, 4) is 0 Å². The fraction of sp³-hybridized carbons (Fsp3) is 0. The van der Waals surface area contributed by atoms with Crippen molar-refractivity contribution in [2.45, 2.75) is 0 Å². The Balaban J connectivity index is 0. The van der Waals surface area contributed by atoms with Gasteiger partial charge in [-0.25, -0.2) is 0 Å². The van der Waals surface area contributed by atoms with Crippen LogP contribution in [0.5, 0.6) is 0 Å². The first-order valence-electron chi connectivity index (χ1n) is 0. The van der Waals surface area contributed by atoms with Gasteiger partial charge in [0.05, 0.1) is 0 Å². The minimum atomic E-state index is 0. The molecule has 0 amide bonds. The van der Waals surface area contributed by atoms with Crippen LogP contribution in [0.2, 0.25) is 0 Å². The smallest absolute Gasteiger partial charge is 0 e. The zero-order valence-corrected chi connectivity index (χ0v) is 10.9. The summed E-state index contributed by atoms with van der Waals surface area (Å²) in [5.41, 5.74) is 0. The monoisotopic (exact) mass is 348 g/mol. The molecule has 0 aliphatic rings. The van der Waals surface area contributed by atoms with E-state index in [1.165, 1.54) is 0 Å². The Labute approximate surface area is 103 Å². The summed E-state index contributed by atoms with van der Waals surface area (Å²) in [5, 5.41) is 0. The summed E-state index contributed by atoms with van der Waals surface area (Å²) in [5.74, 6) is 0. The van der Waals surface area contributed by atoms with Crippen molar-refractivity contribution in [3.63, 3.8) is 0 Å². The summed E-state index contributed by atoms with van der Waals surface area (Å²) in [6.45, 7) is 0. The van der Waals surface area contributed by atoms with Crippen LogP contribution in [0.3, 0.4) is 0 Å². The van der Waals surface area contributed by atoms with Gasteiger partial charge in [0.1, 0.15) is 0 Å². The molecule has 0 rings (SSSR count). The van der Waals surface area contributed by atoms with E-state index >= 15 is 0 Å². The van der Waals surface area contributed by atoms with Gasteiger partial charge in [0.15, 0.2) is 0 Å². The van der Waals surface area contributed by atoms with Gasteiger partial charge in [-0.1, -0.05) is 0 Å². The second-order valence-corrected chi connectivity index (χ2v) is 0. The van der Waals surface area contributed by atoms with E-state index in [0.29, 0.717) is 0 Å². The molecule has 0 aromatic rings. The molecule has 0 aromatic heterocycles. The summed E-state index contributed by atoms with van der Waals surface area (Å²) in [6.07, 6.45) is 0. The maximum Gasteiger partial charge on any atom is 0 e. The summed E-state index contributed by atoms with van der Waals surface area (Å²) in [4.78, 5) is 0. The third kappa shape index (κ3) is 27.0. The predicted octanol–water partition coefficient (Wildman–Crippen LogP) is -0.0150. The molecule has 0 atom stereocenters. The number of rotatable bonds is 0. The van der Waals surface area contributed by atoms with Crippen molar-refractivity contribution >= 4 is 0 Å². The molecule has 0 fully saturated rings. The largest absolute Gasteiger partial charge is 0 e. The molecule has 0 aliphatic heterocycles. The Morgan fingerprint density at radius 3 is 1.00 bits per heavy atom. The van der Waals surface area contributed by atoms with E-state index in [4.69, 9.17) is 0 Å². The number of hydrogen-bond donors (Lipinski definition) is 0. The van der Waals surface area contributed by atoms with Gasteiger partial charge in [-0.15, -0.1) is 0 Å². The average molecular weight is 350 g/mol. The normalized spacial score (nSPS) is 0. The quantitative estimate of drug-likeness (QED) is 0.539. The van der Waals surface area contributed by atoms with Crippen LogP contribution in [0.1, 0.15) is 0 Å². The van der Waals surface area contributed by atoms with Crippen LogP contribution in [0.25, 0.3) is 0 Å². The topological polar surface area (TPSA) is 0 Å². The van der Waals surface area contributed by atoms with Crippen LogP contribution < -0.4 is 0 Å². The fourth-order valence-corrected chi connectivity index (χ4v) is 0. The molecular weight excluding hydrogens is 350 g/mol. The van der Waals surface area contributed by atoms with Crippen LogP contribution >= 0.6 is 0 Å². The van der Waals surface area contributed by atoms with Crippen molar-refractivity contribution in [1.29, 1.82) is 0 Å². The Morgan fingerprint density at radius 2 is 1.00 bits per heavy atom. The molecule has 0 bridgehead atoms. The molecule has 0 heterocycles. The van der Waals surface area contributed by atoms with Gasteiger partial charge in [-0.3, -0.25) is 0 Å². The molecule has 0 N–H and O–H groups in total. The summed E-state index contributed by atoms with van der Waals surface area (Å²) < 4.78 is 0. The Kier molecular flexibility index (Phi) is 416. The van der Waals surface area contributed by atoms with Crippen LogP contribution in [0.15, 0.2) is 0 Å². The van der Waals surface area contributed by atoms with Crippen LogP contribution in [0.4, 0.5) is 0 Å². The zero-order chi connectivity index (χ0) is 0. The van der Waals surface area contributed by atoms with Gasteiger partial charge >= 0.3 is 0 Å². The van der Waals surface area contributed by atoms with Gasteiger partial charge in [0, 0.05) is 105 Å². The molecule has 6 heavy (non-hydrogen) atoms. The summed E-state index contributed by atoms with van der Waals surface area (Å²) in [6, 6.07) is 0. The van der Waals surface area contributed by atoms with Gasteiger partial charge in [0.2, 0.25) is 0 Å². The standard InChI is InChI=1S/Cr.Cu.Fe.Mn.Ni.Zn. The van der Waals surface area contributed by atoms with Gasteiger partial charge in [-0.05, 0) is 0 Å². The van der Waals surface area contributed by atoms with Crippen LogP contribution in [-0.4, -0.2) is 0 Å². The van der Waals surface area contributed by atoms with Crippen molar-refractivity contribution in [2.75, 3.05) is 0 Å². The minimum absolute atomic E-state index is 0. The van der Waals surface area contributed by atoms with E-state index in [2.05, 4.69) is 0 Å². The third-order valence-corrected chi connectivity index (χ3v) is 0. The molecule has 44 valence electrons. The van der Waals surface area contributed by atoms with Crippen molar-refractivity contribution in [3.05, 3.63) is 0 Å². The SMILES string of the molecule is [Cr].[Cu].[Fe].[Mn].[Ni].[Zn]. The Hall–Kier alpha value is 3.21.